The third-order valence-corrected chi connectivity index (χ3v) is 3.78. The van der Waals surface area contributed by atoms with Crippen LogP contribution in [0.5, 0.6) is 0 Å². The third kappa shape index (κ3) is 3.06. The SMILES string of the molecule is NC(=NCc1ccsc1)C1CCCCC1. The van der Waals surface area contributed by atoms with Gasteiger partial charge in [-0.1, -0.05) is 19.3 Å². The van der Waals surface area contributed by atoms with E-state index in [1.807, 2.05) is 0 Å². The Morgan fingerprint density at radius 2 is 2.20 bits per heavy atom. The standard InChI is InChI=1S/C12H18N2S/c13-12(11-4-2-1-3-5-11)14-8-10-6-7-15-9-10/h6-7,9,11H,1-5,8H2,(H2,13,14). The Morgan fingerprint density at radius 3 is 2.87 bits per heavy atom. The molecule has 1 aliphatic carbocycles. The molecular formula is C12H18N2S. The van der Waals surface area contributed by atoms with E-state index in [-0.39, 0.29) is 0 Å². The predicted molar refractivity (Wildman–Crippen MR) is 66.2 cm³/mol. The van der Waals surface area contributed by atoms with E-state index < -0.39 is 0 Å². The molecule has 0 saturated heterocycles. The molecule has 0 amide bonds. The highest BCUT2D eigenvalue weighted by atomic mass is 32.1. The van der Waals surface area contributed by atoms with Crippen LogP contribution in [-0.2, 0) is 6.54 Å². The second-order valence-electron chi connectivity index (χ2n) is 4.21. The Kier molecular flexibility index (Phi) is 3.78. The zero-order valence-electron chi connectivity index (χ0n) is 8.98. The Labute approximate surface area is 95.2 Å². The number of aliphatic imine (C=N–C) groups is 1. The molecule has 1 aromatic rings. The fourth-order valence-electron chi connectivity index (χ4n) is 2.09. The van der Waals surface area contributed by atoms with Crippen molar-refractivity contribution < 1.29 is 0 Å². The molecule has 1 aromatic heterocycles. The Hall–Kier alpha value is -0.830. The van der Waals surface area contributed by atoms with Gasteiger partial charge >= 0.3 is 0 Å². The normalized spacial score (nSPS) is 19.3. The highest BCUT2D eigenvalue weighted by Gasteiger charge is 2.16. The van der Waals surface area contributed by atoms with Gasteiger partial charge in [-0.2, -0.15) is 11.3 Å². The van der Waals surface area contributed by atoms with E-state index in [0.717, 1.165) is 12.4 Å². The van der Waals surface area contributed by atoms with Crippen molar-refractivity contribution in [2.75, 3.05) is 0 Å². The maximum Gasteiger partial charge on any atom is 0.0972 e. The molecule has 0 radical (unpaired) electrons. The molecule has 0 spiro atoms. The summed E-state index contributed by atoms with van der Waals surface area (Å²) in [5.74, 6) is 1.43. The third-order valence-electron chi connectivity index (χ3n) is 3.05. The summed E-state index contributed by atoms with van der Waals surface area (Å²) in [6.45, 7) is 0.756. The van der Waals surface area contributed by atoms with Gasteiger partial charge in [-0.25, -0.2) is 0 Å². The number of hydrogen-bond donors (Lipinski definition) is 1. The lowest BCUT2D eigenvalue weighted by molar-refractivity contribution is 0.436. The average Bonchev–Trinajstić information content (AvgIpc) is 2.80. The van der Waals surface area contributed by atoms with Crippen LogP contribution in [0.2, 0.25) is 0 Å². The Morgan fingerprint density at radius 1 is 1.40 bits per heavy atom. The van der Waals surface area contributed by atoms with E-state index in [9.17, 15) is 0 Å². The van der Waals surface area contributed by atoms with Crippen LogP contribution in [-0.4, -0.2) is 5.84 Å². The van der Waals surface area contributed by atoms with Crippen LogP contribution in [0.4, 0.5) is 0 Å². The lowest BCUT2D eigenvalue weighted by Gasteiger charge is -2.20. The van der Waals surface area contributed by atoms with Crippen molar-refractivity contribution in [1.82, 2.24) is 0 Å². The van der Waals surface area contributed by atoms with Crippen LogP contribution in [0.15, 0.2) is 21.8 Å². The van der Waals surface area contributed by atoms with Gasteiger partial charge < -0.3 is 5.73 Å². The van der Waals surface area contributed by atoms with E-state index in [1.54, 1.807) is 11.3 Å². The minimum absolute atomic E-state index is 0.553. The van der Waals surface area contributed by atoms with Gasteiger partial charge in [0.05, 0.1) is 12.4 Å². The molecule has 15 heavy (non-hydrogen) atoms. The second kappa shape index (κ2) is 5.31. The van der Waals surface area contributed by atoms with Crippen LogP contribution < -0.4 is 5.73 Å². The summed E-state index contributed by atoms with van der Waals surface area (Å²) in [4.78, 5) is 4.49. The lowest BCUT2D eigenvalue weighted by Crippen LogP contribution is -2.25. The molecule has 0 aliphatic heterocycles. The van der Waals surface area contributed by atoms with Crippen molar-refractivity contribution in [3.8, 4) is 0 Å². The molecule has 1 saturated carbocycles. The predicted octanol–water partition coefficient (Wildman–Crippen LogP) is 3.19. The molecule has 0 aromatic carbocycles. The summed E-state index contributed by atoms with van der Waals surface area (Å²) in [5, 5.41) is 4.22. The highest BCUT2D eigenvalue weighted by Crippen LogP contribution is 2.23. The molecule has 1 heterocycles. The van der Waals surface area contributed by atoms with Crippen molar-refractivity contribution in [1.29, 1.82) is 0 Å². The van der Waals surface area contributed by atoms with Crippen LogP contribution in [0.25, 0.3) is 0 Å². The van der Waals surface area contributed by atoms with Crippen LogP contribution >= 0.6 is 11.3 Å². The van der Waals surface area contributed by atoms with Gasteiger partial charge in [0.2, 0.25) is 0 Å². The van der Waals surface area contributed by atoms with Crippen molar-refractivity contribution in [3.63, 3.8) is 0 Å². The maximum atomic E-state index is 6.02. The summed E-state index contributed by atoms with van der Waals surface area (Å²) >= 11 is 1.72. The van der Waals surface area contributed by atoms with Crippen molar-refractivity contribution >= 4 is 17.2 Å². The molecule has 2 nitrogen and oxygen atoms in total. The highest BCUT2D eigenvalue weighted by molar-refractivity contribution is 7.07. The summed E-state index contributed by atoms with van der Waals surface area (Å²) in [6.07, 6.45) is 6.48. The Bertz CT molecular complexity index is 310. The van der Waals surface area contributed by atoms with Gasteiger partial charge in [0.15, 0.2) is 0 Å². The van der Waals surface area contributed by atoms with Gasteiger partial charge in [-0.3, -0.25) is 4.99 Å². The first-order valence-corrected chi connectivity index (χ1v) is 6.61. The van der Waals surface area contributed by atoms with Crippen molar-refractivity contribution in [2.24, 2.45) is 16.6 Å². The minimum Gasteiger partial charge on any atom is -0.387 e. The van der Waals surface area contributed by atoms with E-state index in [4.69, 9.17) is 5.73 Å². The fraction of sp³-hybridized carbons (Fsp3) is 0.583. The zero-order valence-corrected chi connectivity index (χ0v) is 9.80. The average molecular weight is 222 g/mol. The molecular weight excluding hydrogens is 204 g/mol. The van der Waals surface area contributed by atoms with Gasteiger partial charge in [0.25, 0.3) is 0 Å². The first-order chi connectivity index (χ1) is 7.36. The van der Waals surface area contributed by atoms with Crippen LogP contribution in [0, 0.1) is 5.92 Å². The number of rotatable bonds is 3. The first kappa shape index (κ1) is 10.7. The molecule has 82 valence electrons. The monoisotopic (exact) mass is 222 g/mol. The molecule has 0 atom stereocenters. The molecule has 2 rings (SSSR count). The molecule has 2 N–H and O–H groups in total. The van der Waals surface area contributed by atoms with E-state index >= 15 is 0 Å². The molecule has 0 unspecified atom stereocenters. The summed E-state index contributed by atoms with van der Waals surface area (Å²) in [7, 11) is 0. The van der Waals surface area contributed by atoms with Crippen LogP contribution in [0.3, 0.4) is 0 Å². The minimum atomic E-state index is 0.553. The number of hydrogen-bond acceptors (Lipinski definition) is 2. The maximum absolute atomic E-state index is 6.02. The first-order valence-electron chi connectivity index (χ1n) is 5.67. The molecule has 0 bridgehead atoms. The van der Waals surface area contributed by atoms with E-state index in [0.29, 0.717) is 5.92 Å². The number of nitrogens with zero attached hydrogens (tertiary/aromatic N) is 1. The van der Waals surface area contributed by atoms with Gasteiger partial charge in [0.1, 0.15) is 0 Å². The fourth-order valence-corrected chi connectivity index (χ4v) is 2.75. The summed E-state index contributed by atoms with van der Waals surface area (Å²) < 4.78 is 0. The smallest absolute Gasteiger partial charge is 0.0972 e. The Balaban J connectivity index is 1.88. The van der Waals surface area contributed by atoms with Crippen molar-refractivity contribution in [2.45, 2.75) is 38.6 Å². The van der Waals surface area contributed by atoms with Gasteiger partial charge in [0, 0.05) is 5.92 Å². The topological polar surface area (TPSA) is 38.4 Å². The number of nitrogens with two attached hydrogens (primary N) is 1. The summed E-state index contributed by atoms with van der Waals surface area (Å²) in [5.41, 5.74) is 7.30. The zero-order chi connectivity index (χ0) is 10.5. The molecule has 3 heteroatoms. The summed E-state index contributed by atoms with van der Waals surface area (Å²) in [6, 6.07) is 2.11. The van der Waals surface area contributed by atoms with Gasteiger partial charge in [-0.15, -0.1) is 0 Å². The largest absolute Gasteiger partial charge is 0.387 e. The number of thiophene rings is 1. The lowest BCUT2D eigenvalue weighted by atomic mass is 9.88. The van der Waals surface area contributed by atoms with Crippen molar-refractivity contribution in [3.05, 3.63) is 22.4 Å². The molecule has 1 fully saturated rings. The van der Waals surface area contributed by atoms with Gasteiger partial charge in [-0.05, 0) is 35.2 Å². The number of amidine groups is 1. The quantitative estimate of drug-likeness (QED) is 0.619. The van der Waals surface area contributed by atoms with Crippen LogP contribution in [0.1, 0.15) is 37.7 Å². The second-order valence-corrected chi connectivity index (χ2v) is 4.99. The molecule has 1 aliphatic rings. The van der Waals surface area contributed by atoms with E-state index in [2.05, 4.69) is 21.8 Å². The van der Waals surface area contributed by atoms with E-state index in [1.165, 1.54) is 37.7 Å².